The lowest BCUT2D eigenvalue weighted by atomic mass is 9.83. The third-order valence-corrected chi connectivity index (χ3v) is 3.54. The van der Waals surface area contributed by atoms with Gasteiger partial charge in [0, 0.05) is 5.02 Å². The summed E-state index contributed by atoms with van der Waals surface area (Å²) in [6.07, 6.45) is 7.69. The minimum absolute atomic E-state index is 0.281. The van der Waals surface area contributed by atoms with Crippen molar-refractivity contribution in [3.8, 4) is 0 Å². The van der Waals surface area contributed by atoms with E-state index in [1.54, 1.807) is 19.1 Å². The molecule has 0 saturated heterocycles. The maximum atomic E-state index is 12.0. The van der Waals surface area contributed by atoms with Crippen molar-refractivity contribution in [1.82, 2.24) is 5.01 Å². The Morgan fingerprint density at radius 1 is 1.40 bits per heavy atom. The van der Waals surface area contributed by atoms with Crippen molar-refractivity contribution in [3.05, 3.63) is 59.2 Å². The molecular weight excluding hydrogens is 276 g/mol. The van der Waals surface area contributed by atoms with Crippen LogP contribution in [-0.4, -0.2) is 17.7 Å². The van der Waals surface area contributed by atoms with E-state index in [4.69, 9.17) is 22.2 Å². The van der Waals surface area contributed by atoms with Crippen molar-refractivity contribution < 1.29 is 9.53 Å². The molecule has 1 aliphatic rings. The molecule has 5 heteroatoms. The van der Waals surface area contributed by atoms with Gasteiger partial charge in [-0.1, -0.05) is 48.0 Å². The van der Waals surface area contributed by atoms with Crippen molar-refractivity contribution in [1.29, 1.82) is 0 Å². The molecule has 0 heterocycles. The first-order valence-corrected chi connectivity index (χ1v) is 6.80. The summed E-state index contributed by atoms with van der Waals surface area (Å²) in [6, 6.07) is 7.30. The second kappa shape index (κ2) is 6.11. The van der Waals surface area contributed by atoms with Crippen LogP contribution in [0.25, 0.3) is 0 Å². The first kappa shape index (κ1) is 14.6. The number of allylic oxidation sites excluding steroid dienone is 2. The smallest absolute Gasteiger partial charge is 0.425 e. The minimum atomic E-state index is -0.744. The van der Waals surface area contributed by atoms with Crippen molar-refractivity contribution in [2.24, 2.45) is 5.84 Å². The maximum Gasteiger partial charge on any atom is 0.425 e. The van der Waals surface area contributed by atoms with Crippen molar-refractivity contribution in [3.63, 3.8) is 0 Å². The monoisotopic (exact) mass is 292 g/mol. The highest BCUT2D eigenvalue weighted by atomic mass is 35.5. The SMILES string of the molecule is CCOC(=O)N(N)C1(c2ccc(Cl)cc2)C=CC=CC1. The molecule has 0 aromatic heterocycles. The topological polar surface area (TPSA) is 55.6 Å². The number of nitrogens with zero attached hydrogens (tertiary/aromatic N) is 1. The zero-order valence-corrected chi connectivity index (χ0v) is 12.0. The average molecular weight is 293 g/mol. The molecule has 1 aromatic carbocycles. The molecule has 0 aliphatic heterocycles. The number of hydrogen-bond donors (Lipinski definition) is 1. The normalized spacial score (nSPS) is 20.8. The second-order valence-corrected chi connectivity index (χ2v) is 4.93. The number of ether oxygens (including phenoxy) is 1. The number of amides is 1. The molecule has 0 spiro atoms. The Bertz CT molecular complexity index is 539. The van der Waals surface area contributed by atoms with E-state index in [1.807, 2.05) is 36.4 Å². The van der Waals surface area contributed by atoms with Gasteiger partial charge in [-0.15, -0.1) is 0 Å². The van der Waals surface area contributed by atoms with Gasteiger partial charge in [0.05, 0.1) is 6.61 Å². The number of carbonyl (C=O) groups excluding carboxylic acids is 1. The zero-order valence-electron chi connectivity index (χ0n) is 11.3. The fourth-order valence-corrected chi connectivity index (χ4v) is 2.36. The highest BCUT2D eigenvalue weighted by Gasteiger charge is 2.38. The predicted octanol–water partition coefficient (Wildman–Crippen LogP) is 3.38. The fourth-order valence-electron chi connectivity index (χ4n) is 2.24. The Labute approximate surface area is 123 Å². The minimum Gasteiger partial charge on any atom is -0.449 e. The Hall–Kier alpha value is -1.78. The molecule has 0 saturated carbocycles. The summed E-state index contributed by atoms with van der Waals surface area (Å²) in [6.45, 7) is 2.03. The summed E-state index contributed by atoms with van der Waals surface area (Å²) in [4.78, 5) is 12.0. The molecule has 20 heavy (non-hydrogen) atoms. The molecule has 0 radical (unpaired) electrons. The van der Waals surface area contributed by atoms with E-state index >= 15 is 0 Å². The van der Waals surface area contributed by atoms with Gasteiger partial charge in [0.1, 0.15) is 5.54 Å². The largest absolute Gasteiger partial charge is 0.449 e. The van der Waals surface area contributed by atoms with Crippen LogP contribution < -0.4 is 5.84 Å². The summed E-state index contributed by atoms with van der Waals surface area (Å²) in [5, 5.41) is 1.78. The molecule has 1 atom stereocenters. The first-order chi connectivity index (χ1) is 9.60. The Balaban J connectivity index is 2.41. The van der Waals surface area contributed by atoms with Crippen LogP contribution in [0, 0.1) is 0 Å². The van der Waals surface area contributed by atoms with Gasteiger partial charge in [0.25, 0.3) is 0 Å². The summed E-state index contributed by atoms with van der Waals surface area (Å²) in [7, 11) is 0. The van der Waals surface area contributed by atoms with Crippen LogP contribution in [0.2, 0.25) is 5.02 Å². The van der Waals surface area contributed by atoms with Gasteiger partial charge in [-0.25, -0.2) is 15.6 Å². The number of carbonyl (C=O) groups is 1. The quantitative estimate of drug-likeness (QED) is 0.528. The molecule has 2 rings (SSSR count). The van der Waals surface area contributed by atoms with Crippen LogP contribution >= 0.6 is 11.6 Å². The summed E-state index contributed by atoms with van der Waals surface area (Å²) in [5.74, 6) is 6.02. The molecule has 2 N–H and O–H groups in total. The van der Waals surface area contributed by atoms with E-state index in [2.05, 4.69) is 0 Å². The third-order valence-electron chi connectivity index (χ3n) is 3.29. The maximum absolute atomic E-state index is 12.0. The Kier molecular flexibility index (Phi) is 4.47. The molecule has 1 aliphatic carbocycles. The molecule has 0 fully saturated rings. The summed E-state index contributed by atoms with van der Waals surface area (Å²) >= 11 is 5.92. The third kappa shape index (κ3) is 2.71. The summed E-state index contributed by atoms with van der Waals surface area (Å²) in [5.41, 5.74) is 0.143. The van der Waals surface area contributed by atoms with E-state index in [-0.39, 0.29) is 6.61 Å². The summed E-state index contributed by atoms with van der Waals surface area (Å²) < 4.78 is 5.01. The molecule has 1 amide bonds. The Morgan fingerprint density at radius 3 is 2.65 bits per heavy atom. The molecular formula is C15H17ClN2O2. The van der Waals surface area contributed by atoms with Crippen LogP contribution in [0.3, 0.4) is 0 Å². The lowest BCUT2D eigenvalue weighted by Crippen LogP contribution is -2.53. The number of hydrogen-bond acceptors (Lipinski definition) is 3. The number of rotatable bonds is 3. The van der Waals surface area contributed by atoms with E-state index in [0.717, 1.165) is 10.6 Å². The van der Waals surface area contributed by atoms with Gasteiger partial charge in [0.15, 0.2) is 0 Å². The van der Waals surface area contributed by atoms with Gasteiger partial charge >= 0.3 is 6.09 Å². The van der Waals surface area contributed by atoms with Crippen molar-refractivity contribution in [2.45, 2.75) is 18.9 Å². The Morgan fingerprint density at radius 2 is 2.10 bits per heavy atom. The van der Waals surface area contributed by atoms with Crippen LogP contribution in [0.4, 0.5) is 4.79 Å². The number of hydrazine groups is 1. The lowest BCUT2D eigenvalue weighted by Gasteiger charge is -2.39. The van der Waals surface area contributed by atoms with Gasteiger partial charge in [0.2, 0.25) is 0 Å². The number of halogens is 1. The van der Waals surface area contributed by atoms with E-state index < -0.39 is 11.6 Å². The lowest BCUT2D eigenvalue weighted by molar-refractivity contribution is 0.0681. The van der Waals surface area contributed by atoms with Crippen LogP contribution in [0.15, 0.2) is 48.6 Å². The number of benzene rings is 1. The van der Waals surface area contributed by atoms with Crippen molar-refractivity contribution in [2.75, 3.05) is 6.61 Å². The standard InChI is InChI=1S/C15H17ClN2O2/c1-2-20-14(19)18(17)15(10-4-3-5-11-15)12-6-8-13(16)9-7-12/h3-10H,2,11,17H2,1H3. The zero-order chi connectivity index (χ0) is 14.6. The predicted molar refractivity (Wildman–Crippen MR) is 79.1 cm³/mol. The molecule has 0 bridgehead atoms. The second-order valence-electron chi connectivity index (χ2n) is 4.49. The van der Waals surface area contributed by atoms with Gasteiger partial charge in [-0.2, -0.15) is 0 Å². The molecule has 1 aromatic rings. The van der Waals surface area contributed by atoms with Crippen LogP contribution in [-0.2, 0) is 10.3 Å². The van der Waals surface area contributed by atoms with Crippen molar-refractivity contribution >= 4 is 17.7 Å². The molecule has 106 valence electrons. The van der Waals surface area contributed by atoms with Gasteiger partial charge < -0.3 is 4.74 Å². The average Bonchev–Trinajstić information content (AvgIpc) is 2.48. The van der Waals surface area contributed by atoms with Crippen LogP contribution in [0.1, 0.15) is 18.9 Å². The molecule has 4 nitrogen and oxygen atoms in total. The fraction of sp³-hybridized carbons (Fsp3) is 0.267. The van der Waals surface area contributed by atoms with Gasteiger partial charge in [-0.05, 0) is 31.0 Å². The highest BCUT2D eigenvalue weighted by molar-refractivity contribution is 6.30. The first-order valence-electron chi connectivity index (χ1n) is 6.42. The highest BCUT2D eigenvalue weighted by Crippen LogP contribution is 2.35. The van der Waals surface area contributed by atoms with E-state index in [9.17, 15) is 4.79 Å². The number of nitrogens with two attached hydrogens (primary N) is 1. The molecule has 1 unspecified atom stereocenters. The van der Waals surface area contributed by atoms with E-state index in [0.29, 0.717) is 11.4 Å². The van der Waals surface area contributed by atoms with Crippen LogP contribution in [0.5, 0.6) is 0 Å². The van der Waals surface area contributed by atoms with E-state index in [1.165, 1.54) is 0 Å². The van der Waals surface area contributed by atoms with Gasteiger partial charge in [-0.3, -0.25) is 0 Å².